The molecule has 0 amide bonds. The first-order valence-electron chi connectivity index (χ1n) is 11.6. The Labute approximate surface area is 204 Å². The molecule has 0 saturated carbocycles. The lowest BCUT2D eigenvalue weighted by atomic mass is 9.51. The molecule has 7 heteroatoms. The van der Waals surface area contributed by atoms with E-state index in [0.717, 1.165) is 12.8 Å². The predicted molar refractivity (Wildman–Crippen MR) is 138 cm³/mol. The third-order valence-corrected chi connectivity index (χ3v) is 5.55. The zero-order chi connectivity index (χ0) is 25.3. The van der Waals surface area contributed by atoms with Crippen molar-refractivity contribution >= 4 is 29.3 Å². The molecule has 180 valence electrons. The molecule has 3 nitrogen and oxygen atoms in total. The van der Waals surface area contributed by atoms with Crippen molar-refractivity contribution in [3.05, 3.63) is 108 Å². The van der Waals surface area contributed by atoms with E-state index in [1.165, 1.54) is 19.1 Å². The molecule has 35 heavy (non-hydrogen) atoms. The Morgan fingerprint density at radius 2 is 1.34 bits per heavy atom. The number of ketones is 1. The van der Waals surface area contributed by atoms with E-state index in [1.54, 1.807) is 78.9 Å². The van der Waals surface area contributed by atoms with Gasteiger partial charge in [0.1, 0.15) is 5.71 Å². The zero-order valence-electron chi connectivity index (χ0n) is 19.8. The number of nitrogens with one attached hydrogen (secondary N) is 1. The van der Waals surface area contributed by atoms with Gasteiger partial charge in [-0.2, -0.15) is 13.2 Å². The monoisotopic (exact) mass is 476 g/mol. The van der Waals surface area contributed by atoms with Crippen molar-refractivity contribution in [3.63, 3.8) is 0 Å². The van der Waals surface area contributed by atoms with E-state index in [0.29, 0.717) is 17.5 Å². The molecular weight excluding hydrogens is 448 g/mol. The van der Waals surface area contributed by atoms with Crippen molar-refractivity contribution in [2.75, 3.05) is 6.54 Å². The summed E-state index contributed by atoms with van der Waals surface area (Å²) < 4.78 is 43.9. The van der Waals surface area contributed by atoms with Crippen molar-refractivity contribution in [2.45, 2.75) is 32.9 Å². The molecule has 0 aliphatic carbocycles. The highest BCUT2D eigenvalue weighted by Crippen LogP contribution is 2.27. The number of unbranched alkanes of at least 4 members (excludes halogenated alkanes) is 1. The number of carbonyl (C=O) groups excluding carboxylic acids is 1. The van der Waals surface area contributed by atoms with Crippen LogP contribution in [0.1, 0.15) is 37.0 Å². The fourth-order valence-electron chi connectivity index (χ4n) is 3.75. The molecule has 0 aliphatic rings. The lowest BCUT2D eigenvalue weighted by Crippen LogP contribution is -2.44. The molecule has 0 aromatic heterocycles. The SMILES string of the molecule is CCCCNC(C)=C(C(=O)c1ccccc1)C(=NB(c1ccccc1)c1ccccc1)C(F)(F)F. The van der Waals surface area contributed by atoms with Crippen LogP contribution in [-0.4, -0.2) is 31.1 Å². The van der Waals surface area contributed by atoms with Crippen LogP contribution in [0.4, 0.5) is 13.2 Å². The average Bonchev–Trinajstić information content (AvgIpc) is 2.87. The number of allylic oxidation sites excluding steroid dienone is 2. The van der Waals surface area contributed by atoms with Crippen LogP contribution in [0, 0.1) is 0 Å². The number of nitrogens with zero attached hydrogens (tertiary/aromatic N) is 1. The van der Waals surface area contributed by atoms with Gasteiger partial charge in [-0.1, -0.05) is 104 Å². The van der Waals surface area contributed by atoms with Gasteiger partial charge in [-0.15, -0.1) is 0 Å². The van der Waals surface area contributed by atoms with Crippen LogP contribution in [-0.2, 0) is 0 Å². The fourth-order valence-corrected chi connectivity index (χ4v) is 3.75. The van der Waals surface area contributed by atoms with Crippen LogP contribution in [0.25, 0.3) is 0 Å². The number of hydrogen-bond donors (Lipinski definition) is 1. The minimum absolute atomic E-state index is 0.156. The number of Topliss-reactive ketones (excluding diaryl/α,β-unsaturated/α-hetero) is 1. The third kappa shape index (κ3) is 6.95. The van der Waals surface area contributed by atoms with Crippen molar-refractivity contribution < 1.29 is 18.0 Å². The first kappa shape index (κ1) is 26.0. The Morgan fingerprint density at radius 1 is 0.857 bits per heavy atom. The second-order valence-electron chi connectivity index (χ2n) is 8.17. The van der Waals surface area contributed by atoms with E-state index >= 15 is 0 Å². The second-order valence-corrected chi connectivity index (χ2v) is 8.17. The van der Waals surface area contributed by atoms with Gasteiger partial charge in [0.15, 0.2) is 5.78 Å². The van der Waals surface area contributed by atoms with Crippen LogP contribution in [0.3, 0.4) is 0 Å². The molecule has 1 N–H and O–H groups in total. The number of rotatable bonds is 10. The normalized spacial score (nSPS) is 12.7. The van der Waals surface area contributed by atoms with Gasteiger partial charge in [-0.25, -0.2) is 0 Å². The van der Waals surface area contributed by atoms with E-state index in [-0.39, 0.29) is 11.3 Å². The van der Waals surface area contributed by atoms with E-state index in [4.69, 9.17) is 0 Å². The zero-order valence-corrected chi connectivity index (χ0v) is 19.8. The van der Waals surface area contributed by atoms with Crippen LogP contribution >= 0.6 is 0 Å². The topological polar surface area (TPSA) is 41.5 Å². The summed E-state index contributed by atoms with van der Waals surface area (Å²) in [5.41, 5.74) is -0.121. The van der Waals surface area contributed by atoms with Crippen molar-refractivity contribution in [1.29, 1.82) is 0 Å². The van der Waals surface area contributed by atoms with Gasteiger partial charge < -0.3 is 10.2 Å². The van der Waals surface area contributed by atoms with Crippen LogP contribution in [0.5, 0.6) is 0 Å². The lowest BCUT2D eigenvalue weighted by molar-refractivity contribution is -0.0581. The maximum atomic E-state index is 14.6. The number of halogens is 3. The maximum Gasteiger partial charge on any atom is 0.432 e. The molecule has 3 rings (SSSR count). The molecule has 0 saturated heterocycles. The molecule has 0 unspecified atom stereocenters. The van der Waals surface area contributed by atoms with Gasteiger partial charge in [-0.05, 0) is 24.3 Å². The summed E-state index contributed by atoms with van der Waals surface area (Å²) in [7, 11) is 0. The summed E-state index contributed by atoms with van der Waals surface area (Å²) in [5, 5.41) is 3.02. The molecule has 0 radical (unpaired) electrons. The van der Waals surface area contributed by atoms with Crippen molar-refractivity contribution in [2.24, 2.45) is 4.90 Å². The number of alkyl halides is 3. The third-order valence-electron chi connectivity index (χ3n) is 5.55. The van der Waals surface area contributed by atoms with Gasteiger partial charge in [0.2, 0.25) is 0 Å². The van der Waals surface area contributed by atoms with Gasteiger partial charge in [0.05, 0.1) is 5.57 Å². The highest BCUT2D eigenvalue weighted by molar-refractivity contribution is 6.84. The van der Waals surface area contributed by atoms with Crippen LogP contribution in [0.2, 0.25) is 0 Å². The lowest BCUT2D eigenvalue weighted by Gasteiger charge is -2.20. The molecule has 0 heterocycles. The molecule has 0 bridgehead atoms. The molecule has 0 atom stereocenters. The summed E-state index contributed by atoms with van der Waals surface area (Å²) in [6.45, 7) is 3.02. The molecular formula is C28H28BF3N2O. The Hall–Kier alpha value is -3.61. The molecule has 0 aliphatic heterocycles. The Morgan fingerprint density at radius 3 is 1.80 bits per heavy atom. The highest BCUT2D eigenvalue weighted by Gasteiger charge is 2.42. The molecule has 3 aromatic rings. The predicted octanol–water partition coefficient (Wildman–Crippen LogP) is 5.34. The number of benzene rings is 3. The fraction of sp³-hybridized carbons (Fsp3) is 0.214. The van der Waals surface area contributed by atoms with E-state index in [2.05, 4.69) is 10.2 Å². The number of carbonyl (C=O) groups is 1. The summed E-state index contributed by atoms with van der Waals surface area (Å²) in [6, 6.07) is 25.6. The van der Waals surface area contributed by atoms with Gasteiger partial charge in [0, 0.05) is 17.8 Å². The molecule has 0 spiro atoms. The van der Waals surface area contributed by atoms with Crippen molar-refractivity contribution in [1.82, 2.24) is 5.32 Å². The Kier molecular flexibility index (Phi) is 9.07. The van der Waals surface area contributed by atoms with E-state index in [1.807, 2.05) is 6.92 Å². The first-order valence-corrected chi connectivity index (χ1v) is 11.6. The Balaban J connectivity index is 2.24. The smallest absolute Gasteiger partial charge is 0.388 e. The average molecular weight is 476 g/mol. The van der Waals surface area contributed by atoms with E-state index < -0.39 is 30.1 Å². The van der Waals surface area contributed by atoms with Gasteiger partial charge >= 0.3 is 13.0 Å². The largest absolute Gasteiger partial charge is 0.432 e. The molecule has 3 aromatic carbocycles. The summed E-state index contributed by atoms with van der Waals surface area (Å²) in [6.07, 6.45) is -3.22. The summed E-state index contributed by atoms with van der Waals surface area (Å²) >= 11 is 0. The minimum atomic E-state index is -4.85. The van der Waals surface area contributed by atoms with Crippen molar-refractivity contribution in [3.8, 4) is 0 Å². The van der Waals surface area contributed by atoms with Crippen LogP contribution in [0.15, 0.2) is 107 Å². The molecule has 0 fully saturated rings. The highest BCUT2D eigenvalue weighted by atomic mass is 19.4. The maximum absolute atomic E-state index is 14.6. The minimum Gasteiger partial charge on any atom is -0.388 e. The first-order chi connectivity index (χ1) is 16.8. The second kappa shape index (κ2) is 12.2. The van der Waals surface area contributed by atoms with Gasteiger partial charge in [0.25, 0.3) is 0 Å². The summed E-state index contributed by atoms with van der Waals surface area (Å²) in [4.78, 5) is 17.7. The van der Waals surface area contributed by atoms with E-state index in [9.17, 15) is 18.0 Å². The van der Waals surface area contributed by atoms with Gasteiger partial charge in [-0.3, -0.25) is 4.79 Å². The van der Waals surface area contributed by atoms with Crippen LogP contribution < -0.4 is 16.2 Å². The summed E-state index contributed by atoms with van der Waals surface area (Å²) in [5.74, 6) is -0.719. The quantitative estimate of drug-likeness (QED) is 0.141. The standard InChI is InChI=1S/C28H28BF3N2O/c1-3-4-20-33-21(2)25(26(35)22-14-8-5-9-15-22)27(28(30,31)32)34-29(23-16-10-6-11-17-23)24-18-12-7-13-19-24/h5-19,33H,3-4,20H2,1-2H3. The number of hydrogen-bond acceptors (Lipinski definition) is 3. The Bertz CT molecular complexity index is 1120.